The standard InChI is InChI=1S/C15H20ClN3O/c1-20-14-4-5-19(13(7-14)9-18)10-12-3-2-11(8-17)6-15(12)16/h2-3,6,13-14H,4-5,7,9-10,18H2,1H3. The van der Waals surface area contributed by atoms with Crippen LogP contribution in [0.3, 0.4) is 0 Å². The summed E-state index contributed by atoms with van der Waals surface area (Å²) in [5.41, 5.74) is 7.51. The van der Waals surface area contributed by atoms with E-state index in [1.807, 2.05) is 6.07 Å². The minimum atomic E-state index is 0.302. The number of benzene rings is 1. The van der Waals surface area contributed by atoms with Gasteiger partial charge in [-0.3, -0.25) is 4.90 Å². The molecule has 1 aromatic rings. The molecule has 0 aromatic heterocycles. The molecule has 1 fully saturated rings. The van der Waals surface area contributed by atoms with Gasteiger partial charge in [-0.25, -0.2) is 0 Å². The topological polar surface area (TPSA) is 62.3 Å². The van der Waals surface area contributed by atoms with Crippen LogP contribution in [0.2, 0.25) is 5.02 Å². The Bertz CT molecular complexity index is 500. The molecule has 4 nitrogen and oxygen atoms in total. The molecule has 2 rings (SSSR count). The van der Waals surface area contributed by atoms with Crippen molar-refractivity contribution >= 4 is 11.6 Å². The minimum absolute atomic E-state index is 0.302. The van der Waals surface area contributed by atoms with Gasteiger partial charge in [0.25, 0.3) is 0 Å². The number of hydrogen-bond donors (Lipinski definition) is 1. The van der Waals surface area contributed by atoms with Crippen molar-refractivity contribution < 1.29 is 4.74 Å². The highest BCUT2D eigenvalue weighted by atomic mass is 35.5. The molecule has 0 amide bonds. The van der Waals surface area contributed by atoms with Gasteiger partial charge in [0, 0.05) is 37.8 Å². The van der Waals surface area contributed by atoms with E-state index in [1.165, 1.54) is 0 Å². The third kappa shape index (κ3) is 3.50. The van der Waals surface area contributed by atoms with Gasteiger partial charge >= 0.3 is 0 Å². The van der Waals surface area contributed by atoms with E-state index in [9.17, 15) is 0 Å². The van der Waals surface area contributed by atoms with E-state index in [-0.39, 0.29) is 0 Å². The molecule has 2 N–H and O–H groups in total. The Hall–Kier alpha value is -1.12. The van der Waals surface area contributed by atoms with Crippen LogP contribution in [-0.4, -0.2) is 37.2 Å². The first-order valence-corrected chi connectivity index (χ1v) is 7.21. The first-order valence-electron chi connectivity index (χ1n) is 6.83. The zero-order chi connectivity index (χ0) is 14.5. The van der Waals surface area contributed by atoms with Crippen molar-refractivity contribution in [2.75, 3.05) is 20.2 Å². The van der Waals surface area contributed by atoms with Crippen molar-refractivity contribution in [3.05, 3.63) is 34.3 Å². The van der Waals surface area contributed by atoms with Crippen LogP contribution in [0, 0.1) is 11.3 Å². The average Bonchev–Trinajstić information content (AvgIpc) is 2.49. The second-order valence-corrected chi connectivity index (χ2v) is 5.57. The van der Waals surface area contributed by atoms with E-state index < -0.39 is 0 Å². The van der Waals surface area contributed by atoms with Crippen LogP contribution in [0.25, 0.3) is 0 Å². The molecule has 5 heteroatoms. The quantitative estimate of drug-likeness (QED) is 0.924. The first-order chi connectivity index (χ1) is 9.67. The Balaban J connectivity index is 2.07. The minimum Gasteiger partial charge on any atom is -0.381 e. The predicted molar refractivity (Wildman–Crippen MR) is 79.5 cm³/mol. The Labute approximate surface area is 125 Å². The van der Waals surface area contributed by atoms with Crippen molar-refractivity contribution in [3.63, 3.8) is 0 Å². The van der Waals surface area contributed by atoms with Crippen molar-refractivity contribution in [2.24, 2.45) is 5.73 Å². The SMILES string of the molecule is COC1CCN(Cc2ccc(C#N)cc2Cl)C(CN)C1. The summed E-state index contributed by atoms with van der Waals surface area (Å²) in [6, 6.07) is 7.87. The third-order valence-electron chi connectivity index (χ3n) is 3.95. The number of methoxy groups -OCH3 is 1. The number of halogens is 1. The number of ether oxygens (including phenoxy) is 1. The van der Waals surface area contributed by atoms with Crippen LogP contribution in [0.4, 0.5) is 0 Å². The van der Waals surface area contributed by atoms with Crippen LogP contribution in [0.1, 0.15) is 24.0 Å². The lowest BCUT2D eigenvalue weighted by Gasteiger charge is -2.38. The number of nitrogens with zero attached hydrogens (tertiary/aromatic N) is 2. The van der Waals surface area contributed by atoms with Gasteiger partial charge in [-0.1, -0.05) is 17.7 Å². The number of rotatable bonds is 4. The lowest BCUT2D eigenvalue weighted by atomic mass is 9.98. The van der Waals surface area contributed by atoms with E-state index in [2.05, 4.69) is 11.0 Å². The number of nitriles is 1. The second-order valence-electron chi connectivity index (χ2n) is 5.16. The summed E-state index contributed by atoms with van der Waals surface area (Å²) in [7, 11) is 1.76. The highest BCUT2D eigenvalue weighted by Crippen LogP contribution is 2.25. The monoisotopic (exact) mass is 293 g/mol. The van der Waals surface area contributed by atoms with E-state index in [1.54, 1.807) is 19.2 Å². The molecule has 1 saturated heterocycles. The average molecular weight is 294 g/mol. The predicted octanol–water partition coefficient (Wildman–Crippen LogP) is 2.15. The summed E-state index contributed by atoms with van der Waals surface area (Å²) in [4.78, 5) is 2.35. The van der Waals surface area contributed by atoms with Gasteiger partial charge in [0.2, 0.25) is 0 Å². The van der Waals surface area contributed by atoms with E-state index in [4.69, 9.17) is 27.3 Å². The van der Waals surface area contributed by atoms with Crippen molar-refractivity contribution in [2.45, 2.75) is 31.5 Å². The summed E-state index contributed by atoms with van der Waals surface area (Å²) >= 11 is 6.24. The van der Waals surface area contributed by atoms with Gasteiger partial charge in [-0.2, -0.15) is 5.26 Å². The van der Waals surface area contributed by atoms with Gasteiger partial charge in [-0.05, 0) is 30.5 Å². The maximum Gasteiger partial charge on any atom is 0.0992 e. The molecule has 0 saturated carbocycles. The fourth-order valence-corrected chi connectivity index (χ4v) is 2.93. The van der Waals surface area contributed by atoms with E-state index in [0.717, 1.165) is 31.5 Å². The number of piperidine rings is 1. The van der Waals surface area contributed by atoms with Crippen molar-refractivity contribution in [1.29, 1.82) is 5.26 Å². The van der Waals surface area contributed by atoms with E-state index >= 15 is 0 Å². The highest BCUT2D eigenvalue weighted by molar-refractivity contribution is 6.31. The molecule has 2 atom stereocenters. The zero-order valence-electron chi connectivity index (χ0n) is 11.7. The Morgan fingerprint density at radius 3 is 2.95 bits per heavy atom. The molecule has 20 heavy (non-hydrogen) atoms. The van der Waals surface area contributed by atoms with Crippen LogP contribution in [-0.2, 0) is 11.3 Å². The molecule has 2 unspecified atom stereocenters. The number of likely N-dealkylation sites (tertiary alicyclic amines) is 1. The molecular formula is C15H20ClN3O. The van der Waals surface area contributed by atoms with Crippen LogP contribution in [0.5, 0.6) is 0 Å². The molecule has 1 heterocycles. The zero-order valence-corrected chi connectivity index (χ0v) is 12.4. The maximum absolute atomic E-state index is 8.86. The Morgan fingerprint density at radius 1 is 1.55 bits per heavy atom. The fraction of sp³-hybridized carbons (Fsp3) is 0.533. The van der Waals surface area contributed by atoms with E-state index in [0.29, 0.717) is 29.3 Å². The molecule has 0 radical (unpaired) electrons. The molecule has 0 spiro atoms. The summed E-state index contributed by atoms with van der Waals surface area (Å²) in [5.74, 6) is 0. The van der Waals surface area contributed by atoms with Gasteiger partial charge in [0.1, 0.15) is 0 Å². The number of hydrogen-bond acceptors (Lipinski definition) is 4. The van der Waals surface area contributed by atoms with Crippen LogP contribution in [0.15, 0.2) is 18.2 Å². The number of nitrogens with two attached hydrogens (primary N) is 1. The lowest BCUT2D eigenvalue weighted by molar-refractivity contribution is 0.0102. The first kappa shape index (κ1) is 15.3. The molecule has 0 bridgehead atoms. The molecule has 1 aliphatic heterocycles. The molecule has 0 aliphatic carbocycles. The summed E-state index contributed by atoms with van der Waals surface area (Å²) < 4.78 is 5.43. The summed E-state index contributed by atoms with van der Waals surface area (Å²) in [6.45, 7) is 2.34. The highest BCUT2D eigenvalue weighted by Gasteiger charge is 2.27. The van der Waals surface area contributed by atoms with Gasteiger partial charge < -0.3 is 10.5 Å². The summed E-state index contributed by atoms with van der Waals surface area (Å²) in [6.07, 6.45) is 2.28. The van der Waals surface area contributed by atoms with Gasteiger partial charge in [-0.15, -0.1) is 0 Å². The van der Waals surface area contributed by atoms with Crippen molar-refractivity contribution in [3.8, 4) is 6.07 Å². The Kier molecular flexibility index (Phi) is 5.38. The smallest absolute Gasteiger partial charge is 0.0992 e. The molecule has 1 aliphatic rings. The molecule has 1 aromatic carbocycles. The van der Waals surface area contributed by atoms with Crippen molar-refractivity contribution in [1.82, 2.24) is 4.90 Å². The largest absolute Gasteiger partial charge is 0.381 e. The normalized spacial score (nSPS) is 23.5. The second kappa shape index (κ2) is 7.05. The summed E-state index contributed by atoms with van der Waals surface area (Å²) in [5, 5.41) is 9.51. The third-order valence-corrected chi connectivity index (χ3v) is 4.30. The fourth-order valence-electron chi connectivity index (χ4n) is 2.69. The Morgan fingerprint density at radius 2 is 2.35 bits per heavy atom. The maximum atomic E-state index is 8.86. The van der Waals surface area contributed by atoms with Gasteiger partial charge in [0.05, 0.1) is 17.7 Å². The van der Waals surface area contributed by atoms with Crippen LogP contribution >= 0.6 is 11.6 Å². The van der Waals surface area contributed by atoms with Gasteiger partial charge in [0.15, 0.2) is 0 Å². The van der Waals surface area contributed by atoms with Crippen LogP contribution < -0.4 is 5.73 Å². The molecule has 108 valence electrons. The lowest BCUT2D eigenvalue weighted by Crippen LogP contribution is -2.48. The molecular weight excluding hydrogens is 274 g/mol.